The smallest absolute Gasteiger partial charge is 0.187 e. The van der Waals surface area contributed by atoms with Crippen LogP contribution in [0.1, 0.15) is 0 Å². The molecule has 2 rings (SSSR count). The zero-order chi connectivity index (χ0) is 17.1. The summed E-state index contributed by atoms with van der Waals surface area (Å²) in [6, 6.07) is -0.700. The van der Waals surface area contributed by atoms with E-state index in [0.717, 1.165) is 0 Å². The first-order valence-corrected chi connectivity index (χ1v) is 7.45. The molecule has 2 saturated heterocycles. The molecule has 0 unspecified atom stereocenters. The summed E-state index contributed by atoms with van der Waals surface area (Å²) < 4.78 is 15.7. The van der Waals surface area contributed by atoms with Crippen LogP contribution in [0.3, 0.4) is 0 Å². The summed E-state index contributed by atoms with van der Waals surface area (Å²) >= 11 is 0. The van der Waals surface area contributed by atoms with Gasteiger partial charge in [-0.15, -0.1) is 0 Å². The molecule has 10 nitrogen and oxygen atoms in total. The number of aliphatic hydroxyl groups is 6. The number of nitrogens with one attached hydrogen (secondary N) is 1. The maximum absolute atomic E-state index is 10.1. The van der Waals surface area contributed by atoms with Crippen LogP contribution in [0.25, 0.3) is 0 Å². The van der Waals surface area contributed by atoms with E-state index in [0.29, 0.717) is 0 Å². The summed E-state index contributed by atoms with van der Waals surface area (Å²) in [5, 5.41) is 61.7. The number of methoxy groups -OCH3 is 1. The van der Waals surface area contributed by atoms with E-state index < -0.39 is 55.1 Å². The van der Waals surface area contributed by atoms with Gasteiger partial charge >= 0.3 is 0 Å². The highest BCUT2D eigenvalue weighted by Gasteiger charge is 2.47. The van der Waals surface area contributed by atoms with Crippen LogP contribution in [0.5, 0.6) is 0 Å². The second-order valence-electron chi connectivity index (χ2n) is 5.83. The van der Waals surface area contributed by atoms with Crippen molar-refractivity contribution in [3.8, 4) is 0 Å². The van der Waals surface area contributed by atoms with Crippen molar-refractivity contribution >= 4 is 0 Å². The lowest BCUT2D eigenvalue weighted by Crippen LogP contribution is -2.65. The van der Waals surface area contributed by atoms with Gasteiger partial charge in [0, 0.05) is 13.7 Å². The van der Waals surface area contributed by atoms with Crippen molar-refractivity contribution in [3.05, 3.63) is 0 Å². The number of piperidine rings is 1. The molecule has 0 aromatic rings. The number of hydrogen-bond acceptors (Lipinski definition) is 10. The molecule has 0 bridgehead atoms. The van der Waals surface area contributed by atoms with Crippen molar-refractivity contribution in [2.45, 2.75) is 55.1 Å². The van der Waals surface area contributed by atoms with E-state index in [2.05, 4.69) is 5.32 Å². The molecule has 2 aliphatic rings. The second kappa shape index (κ2) is 8.12. The van der Waals surface area contributed by atoms with Gasteiger partial charge in [0.2, 0.25) is 0 Å². The molecule has 0 saturated carbocycles. The van der Waals surface area contributed by atoms with Gasteiger partial charge in [0.1, 0.15) is 36.6 Å². The highest BCUT2D eigenvalue weighted by atomic mass is 16.7. The number of β-amino-alcohol motifs (C(OH)–C–C–N with tert-alkyl or cyclic N) is 1. The van der Waals surface area contributed by atoms with Crippen LogP contribution in [0.15, 0.2) is 0 Å². The Hall–Kier alpha value is -0.400. The molecule has 9 atom stereocenters. The van der Waals surface area contributed by atoms with E-state index in [1.807, 2.05) is 0 Å². The van der Waals surface area contributed by atoms with Crippen LogP contribution in [-0.4, -0.2) is 113 Å². The predicted octanol–water partition coefficient (Wildman–Crippen LogP) is -4.49. The molecular formula is C13H25NO9. The summed E-state index contributed by atoms with van der Waals surface area (Å²) in [6.07, 6.45) is -10.3. The Morgan fingerprint density at radius 1 is 1.04 bits per heavy atom. The van der Waals surface area contributed by atoms with E-state index in [4.69, 9.17) is 14.2 Å². The second-order valence-corrected chi connectivity index (χ2v) is 5.83. The molecule has 0 aromatic heterocycles. The average molecular weight is 339 g/mol. The highest BCUT2D eigenvalue weighted by Crippen LogP contribution is 2.26. The zero-order valence-corrected chi connectivity index (χ0v) is 12.7. The molecule has 2 aliphatic heterocycles. The van der Waals surface area contributed by atoms with Gasteiger partial charge in [-0.1, -0.05) is 0 Å². The Kier molecular flexibility index (Phi) is 6.68. The zero-order valence-electron chi connectivity index (χ0n) is 12.7. The van der Waals surface area contributed by atoms with Gasteiger partial charge in [-0.3, -0.25) is 0 Å². The van der Waals surface area contributed by atoms with Crippen LogP contribution < -0.4 is 5.32 Å². The van der Waals surface area contributed by atoms with E-state index in [-0.39, 0.29) is 19.8 Å². The Morgan fingerprint density at radius 2 is 1.74 bits per heavy atom. The minimum absolute atomic E-state index is 0.0403. The molecule has 0 spiro atoms. The first-order valence-electron chi connectivity index (χ1n) is 7.45. The summed E-state index contributed by atoms with van der Waals surface area (Å²) in [5.41, 5.74) is 0. The molecule has 136 valence electrons. The average Bonchev–Trinajstić information content (AvgIpc) is 2.53. The van der Waals surface area contributed by atoms with Gasteiger partial charge in [0.25, 0.3) is 0 Å². The fourth-order valence-corrected chi connectivity index (χ4v) is 2.80. The fraction of sp³-hybridized carbons (Fsp3) is 1.00. The highest BCUT2D eigenvalue weighted by molar-refractivity contribution is 4.95. The summed E-state index contributed by atoms with van der Waals surface area (Å²) in [4.78, 5) is 0. The molecule has 0 aromatic carbocycles. The maximum atomic E-state index is 10.1. The van der Waals surface area contributed by atoms with Gasteiger partial charge in [-0.2, -0.15) is 0 Å². The van der Waals surface area contributed by atoms with Gasteiger partial charge in [0.05, 0.1) is 25.4 Å². The predicted molar refractivity (Wildman–Crippen MR) is 74.3 cm³/mol. The van der Waals surface area contributed by atoms with Crippen molar-refractivity contribution in [2.75, 3.05) is 26.9 Å². The third-order valence-corrected chi connectivity index (χ3v) is 4.20. The van der Waals surface area contributed by atoms with Crippen molar-refractivity contribution in [3.63, 3.8) is 0 Å². The third kappa shape index (κ3) is 3.99. The molecule has 7 N–H and O–H groups in total. The molecule has 23 heavy (non-hydrogen) atoms. The van der Waals surface area contributed by atoms with Crippen LogP contribution in [0.2, 0.25) is 0 Å². The lowest BCUT2D eigenvalue weighted by molar-refractivity contribution is -0.327. The molecular weight excluding hydrogens is 314 g/mol. The topological polar surface area (TPSA) is 161 Å². The Labute approximate surface area is 133 Å². The first kappa shape index (κ1) is 18.9. The molecule has 2 heterocycles. The normalized spacial score (nSPS) is 48.4. The molecule has 0 amide bonds. The SMILES string of the molecule is COC[C@H]1O[C@H](O[C@H]2[C@H](O)[C@@H](CO)NC[C@H]2O)[C@H](O)[C@@H](O)[C@@H]1O. The lowest BCUT2D eigenvalue weighted by Gasteiger charge is -2.44. The van der Waals surface area contributed by atoms with Crippen LogP contribution in [0, 0.1) is 0 Å². The monoisotopic (exact) mass is 339 g/mol. The van der Waals surface area contributed by atoms with Crippen LogP contribution in [0.4, 0.5) is 0 Å². The number of rotatable bonds is 5. The van der Waals surface area contributed by atoms with Crippen LogP contribution >= 0.6 is 0 Å². The quantitative estimate of drug-likeness (QED) is 0.260. The van der Waals surface area contributed by atoms with E-state index >= 15 is 0 Å². The van der Waals surface area contributed by atoms with E-state index in [9.17, 15) is 30.6 Å². The molecule has 10 heteroatoms. The third-order valence-electron chi connectivity index (χ3n) is 4.20. The first-order chi connectivity index (χ1) is 10.9. The molecule has 0 radical (unpaired) electrons. The summed E-state index contributed by atoms with van der Waals surface area (Å²) in [7, 11) is 1.38. The standard InChI is InChI=1S/C13H25NO9/c1-21-4-7-9(18)10(19)11(20)13(22-7)23-12-6(16)2-14-5(3-15)8(12)17/h5-20H,2-4H2,1H3/t5-,6-,7-,8-,9-,10+,11-,12-,13-/m1/s1. The van der Waals surface area contributed by atoms with Gasteiger partial charge < -0.3 is 50.2 Å². The summed E-state index contributed by atoms with van der Waals surface area (Å²) in [6.45, 7) is -0.334. The summed E-state index contributed by atoms with van der Waals surface area (Å²) in [5.74, 6) is 0. The van der Waals surface area contributed by atoms with Crippen molar-refractivity contribution in [1.82, 2.24) is 5.32 Å². The number of aliphatic hydroxyl groups excluding tert-OH is 6. The minimum atomic E-state index is -1.57. The van der Waals surface area contributed by atoms with Crippen LogP contribution in [-0.2, 0) is 14.2 Å². The Balaban J connectivity index is 2.07. The van der Waals surface area contributed by atoms with Gasteiger partial charge in [0.15, 0.2) is 6.29 Å². The number of ether oxygens (including phenoxy) is 3. The Bertz CT molecular complexity index is 373. The van der Waals surface area contributed by atoms with Crippen molar-refractivity contribution < 1.29 is 44.8 Å². The Morgan fingerprint density at radius 3 is 2.35 bits per heavy atom. The van der Waals surface area contributed by atoms with E-state index in [1.165, 1.54) is 7.11 Å². The minimum Gasteiger partial charge on any atom is -0.395 e. The van der Waals surface area contributed by atoms with E-state index in [1.54, 1.807) is 0 Å². The lowest BCUT2D eigenvalue weighted by atomic mass is 9.95. The van der Waals surface area contributed by atoms with Crippen molar-refractivity contribution in [2.24, 2.45) is 0 Å². The number of hydrogen-bond donors (Lipinski definition) is 7. The van der Waals surface area contributed by atoms with Gasteiger partial charge in [-0.05, 0) is 0 Å². The largest absolute Gasteiger partial charge is 0.395 e. The van der Waals surface area contributed by atoms with Gasteiger partial charge in [-0.25, -0.2) is 0 Å². The maximum Gasteiger partial charge on any atom is 0.187 e. The molecule has 0 aliphatic carbocycles. The molecule has 2 fully saturated rings. The fourth-order valence-electron chi connectivity index (χ4n) is 2.80. The van der Waals surface area contributed by atoms with Crippen molar-refractivity contribution in [1.29, 1.82) is 0 Å².